The van der Waals surface area contributed by atoms with Gasteiger partial charge in [0.1, 0.15) is 0 Å². The summed E-state index contributed by atoms with van der Waals surface area (Å²) in [6.45, 7) is 3.26. The summed E-state index contributed by atoms with van der Waals surface area (Å²) >= 11 is 13.6. The van der Waals surface area contributed by atoms with Crippen LogP contribution >= 0.6 is 35.0 Å². The first kappa shape index (κ1) is 17.3. The Hall–Kier alpha value is -1.49. The minimum absolute atomic E-state index is 0.135. The van der Waals surface area contributed by atoms with Gasteiger partial charge in [-0.2, -0.15) is 0 Å². The predicted octanol–water partition coefficient (Wildman–Crippen LogP) is 5.05. The standard InChI is InChI=1S/C18H16Cl2N2OS/c1-12-2-4-13(5-3-12)11-24-18-21-8-9-22(18)17(23)15-7-6-14(19)10-16(15)20/h2-7,10H,8-9,11H2,1H3. The second-order valence-electron chi connectivity index (χ2n) is 5.52. The summed E-state index contributed by atoms with van der Waals surface area (Å²) in [6.07, 6.45) is 0. The third kappa shape index (κ3) is 3.94. The van der Waals surface area contributed by atoms with Crippen molar-refractivity contribution in [1.29, 1.82) is 0 Å². The van der Waals surface area contributed by atoms with Gasteiger partial charge in [0, 0.05) is 17.3 Å². The van der Waals surface area contributed by atoms with Crippen molar-refractivity contribution in [2.45, 2.75) is 12.7 Å². The average molecular weight is 379 g/mol. The van der Waals surface area contributed by atoms with Gasteiger partial charge in [0.05, 0.1) is 17.1 Å². The minimum Gasteiger partial charge on any atom is -0.286 e. The highest BCUT2D eigenvalue weighted by molar-refractivity contribution is 8.13. The lowest BCUT2D eigenvalue weighted by Gasteiger charge is -2.18. The van der Waals surface area contributed by atoms with Crippen molar-refractivity contribution in [3.8, 4) is 0 Å². The van der Waals surface area contributed by atoms with Crippen LogP contribution in [-0.2, 0) is 5.75 Å². The number of aliphatic imine (C=N–C) groups is 1. The van der Waals surface area contributed by atoms with E-state index in [1.54, 1.807) is 34.9 Å². The van der Waals surface area contributed by atoms with Crippen molar-refractivity contribution in [2.24, 2.45) is 4.99 Å². The summed E-state index contributed by atoms with van der Waals surface area (Å²) in [4.78, 5) is 18.9. The zero-order valence-corrected chi connectivity index (χ0v) is 15.5. The number of halogens is 2. The summed E-state index contributed by atoms with van der Waals surface area (Å²) in [6, 6.07) is 13.3. The molecule has 0 saturated heterocycles. The summed E-state index contributed by atoms with van der Waals surface area (Å²) in [5.74, 6) is 0.640. The lowest BCUT2D eigenvalue weighted by atomic mass is 10.2. The van der Waals surface area contributed by atoms with E-state index in [1.807, 2.05) is 0 Å². The molecule has 0 bridgehead atoms. The number of amides is 1. The summed E-state index contributed by atoms with van der Waals surface area (Å²) < 4.78 is 0. The van der Waals surface area contributed by atoms with E-state index < -0.39 is 0 Å². The Morgan fingerprint density at radius 1 is 1.21 bits per heavy atom. The maximum atomic E-state index is 12.7. The van der Waals surface area contributed by atoms with Crippen LogP contribution < -0.4 is 0 Å². The van der Waals surface area contributed by atoms with E-state index in [9.17, 15) is 4.79 Å². The number of aryl methyl sites for hydroxylation is 1. The smallest absolute Gasteiger partial charge is 0.261 e. The number of rotatable bonds is 3. The molecule has 1 heterocycles. The van der Waals surface area contributed by atoms with Crippen molar-refractivity contribution in [3.63, 3.8) is 0 Å². The zero-order chi connectivity index (χ0) is 17.1. The molecule has 0 fully saturated rings. The van der Waals surface area contributed by atoms with Crippen molar-refractivity contribution in [1.82, 2.24) is 4.90 Å². The Bertz CT molecular complexity index is 790. The van der Waals surface area contributed by atoms with Crippen LogP contribution in [0.15, 0.2) is 47.5 Å². The van der Waals surface area contributed by atoms with E-state index in [0.717, 1.165) is 10.9 Å². The normalized spacial score (nSPS) is 14.0. The molecule has 24 heavy (non-hydrogen) atoms. The fourth-order valence-electron chi connectivity index (χ4n) is 2.38. The van der Waals surface area contributed by atoms with Gasteiger partial charge >= 0.3 is 0 Å². The lowest BCUT2D eigenvalue weighted by molar-refractivity contribution is 0.0861. The Balaban J connectivity index is 1.70. The Morgan fingerprint density at radius 3 is 2.67 bits per heavy atom. The van der Waals surface area contributed by atoms with E-state index >= 15 is 0 Å². The number of hydrogen-bond donors (Lipinski definition) is 0. The fraction of sp³-hybridized carbons (Fsp3) is 0.222. The number of nitrogens with zero attached hydrogens (tertiary/aromatic N) is 2. The molecule has 1 aliphatic rings. The average Bonchev–Trinajstić information content (AvgIpc) is 3.02. The van der Waals surface area contributed by atoms with Gasteiger partial charge in [-0.3, -0.25) is 14.7 Å². The number of amidine groups is 1. The lowest BCUT2D eigenvalue weighted by Crippen LogP contribution is -2.33. The topological polar surface area (TPSA) is 32.7 Å². The Kier molecular flexibility index (Phi) is 5.49. The number of thioether (sulfide) groups is 1. The van der Waals surface area contributed by atoms with Gasteiger partial charge in [0.15, 0.2) is 5.17 Å². The SMILES string of the molecule is Cc1ccc(CSC2=NCCN2C(=O)c2ccc(Cl)cc2Cl)cc1. The highest BCUT2D eigenvalue weighted by Gasteiger charge is 2.26. The molecule has 0 atom stereocenters. The number of carbonyl (C=O) groups excluding carboxylic acids is 1. The van der Waals surface area contributed by atoms with Crippen molar-refractivity contribution in [2.75, 3.05) is 13.1 Å². The van der Waals surface area contributed by atoms with Gasteiger partial charge in [0.25, 0.3) is 5.91 Å². The molecule has 1 aliphatic heterocycles. The first-order valence-electron chi connectivity index (χ1n) is 7.54. The number of benzene rings is 2. The van der Waals surface area contributed by atoms with Crippen molar-refractivity contribution in [3.05, 3.63) is 69.2 Å². The van der Waals surface area contributed by atoms with Crippen LogP contribution in [0.3, 0.4) is 0 Å². The molecule has 1 amide bonds. The van der Waals surface area contributed by atoms with Gasteiger partial charge in [-0.15, -0.1) is 0 Å². The molecule has 2 aromatic carbocycles. The van der Waals surface area contributed by atoms with E-state index in [0.29, 0.717) is 28.7 Å². The molecule has 0 unspecified atom stereocenters. The van der Waals surface area contributed by atoms with Gasteiger partial charge < -0.3 is 0 Å². The van der Waals surface area contributed by atoms with Gasteiger partial charge in [-0.1, -0.05) is 64.8 Å². The largest absolute Gasteiger partial charge is 0.286 e. The molecule has 6 heteroatoms. The maximum Gasteiger partial charge on any atom is 0.261 e. The molecular formula is C18H16Cl2N2OS. The fourth-order valence-corrected chi connectivity index (χ4v) is 3.87. The predicted molar refractivity (Wildman–Crippen MR) is 102 cm³/mol. The van der Waals surface area contributed by atoms with E-state index in [-0.39, 0.29) is 5.91 Å². The third-order valence-electron chi connectivity index (χ3n) is 3.70. The summed E-state index contributed by atoms with van der Waals surface area (Å²) in [7, 11) is 0. The first-order chi connectivity index (χ1) is 11.5. The second-order valence-corrected chi connectivity index (χ2v) is 7.31. The molecule has 0 spiro atoms. The molecule has 0 aromatic heterocycles. The maximum absolute atomic E-state index is 12.7. The van der Waals surface area contributed by atoms with Crippen LogP contribution in [0.25, 0.3) is 0 Å². The molecule has 0 saturated carbocycles. The van der Waals surface area contributed by atoms with Gasteiger partial charge in [-0.25, -0.2) is 0 Å². The van der Waals surface area contributed by atoms with E-state index in [2.05, 4.69) is 36.2 Å². The highest BCUT2D eigenvalue weighted by atomic mass is 35.5. The summed E-state index contributed by atoms with van der Waals surface area (Å²) in [5, 5.41) is 1.62. The van der Waals surface area contributed by atoms with Crippen molar-refractivity contribution >= 4 is 46.0 Å². The Labute approximate surface area is 155 Å². The van der Waals surface area contributed by atoms with Crippen LogP contribution in [-0.4, -0.2) is 29.1 Å². The molecule has 2 aromatic rings. The van der Waals surface area contributed by atoms with E-state index in [4.69, 9.17) is 23.2 Å². The molecule has 3 nitrogen and oxygen atoms in total. The molecule has 3 rings (SSSR count). The third-order valence-corrected chi connectivity index (χ3v) is 5.33. The molecule has 124 valence electrons. The van der Waals surface area contributed by atoms with Gasteiger partial charge in [-0.05, 0) is 30.7 Å². The number of hydrogen-bond acceptors (Lipinski definition) is 3. The minimum atomic E-state index is -0.135. The van der Waals surface area contributed by atoms with Crippen LogP contribution in [0, 0.1) is 6.92 Å². The highest BCUT2D eigenvalue weighted by Crippen LogP contribution is 2.26. The zero-order valence-electron chi connectivity index (χ0n) is 13.1. The monoisotopic (exact) mass is 378 g/mol. The van der Waals surface area contributed by atoms with Crippen molar-refractivity contribution < 1.29 is 4.79 Å². The van der Waals surface area contributed by atoms with Crippen LogP contribution in [0.1, 0.15) is 21.5 Å². The first-order valence-corrected chi connectivity index (χ1v) is 9.28. The molecule has 0 radical (unpaired) electrons. The van der Waals surface area contributed by atoms with Gasteiger partial charge in [0.2, 0.25) is 0 Å². The quantitative estimate of drug-likeness (QED) is 0.748. The second kappa shape index (κ2) is 7.60. The Morgan fingerprint density at radius 2 is 1.96 bits per heavy atom. The van der Waals surface area contributed by atoms with Crippen LogP contribution in [0.2, 0.25) is 10.0 Å². The van der Waals surface area contributed by atoms with Crippen LogP contribution in [0.4, 0.5) is 0 Å². The van der Waals surface area contributed by atoms with Crippen LogP contribution in [0.5, 0.6) is 0 Å². The van der Waals surface area contributed by atoms with E-state index in [1.165, 1.54) is 11.1 Å². The molecule has 0 N–H and O–H groups in total. The molecular weight excluding hydrogens is 363 g/mol. The molecule has 0 aliphatic carbocycles. The number of carbonyl (C=O) groups is 1. The summed E-state index contributed by atoms with van der Waals surface area (Å²) in [5.41, 5.74) is 2.89.